The predicted octanol–water partition coefficient (Wildman–Crippen LogP) is 3.00. The van der Waals surface area contributed by atoms with Gasteiger partial charge < -0.3 is 15.3 Å². The Labute approximate surface area is 130 Å². The maximum Gasteiger partial charge on any atom is 0.0948 e. The lowest BCUT2D eigenvalue weighted by Crippen LogP contribution is -2.35. The minimum absolute atomic E-state index is 0.417. The van der Waals surface area contributed by atoms with Gasteiger partial charge in [0.2, 0.25) is 0 Å². The van der Waals surface area contributed by atoms with Gasteiger partial charge in [-0.2, -0.15) is 0 Å². The monoisotopic (exact) mass is 307 g/mol. The topological polar surface area (TPSA) is 48.4 Å². The number of hydrogen-bond donors (Lipinski definition) is 2. The molecule has 0 saturated carbocycles. The number of nitrogens with one attached hydrogen (secondary N) is 1. The van der Waals surface area contributed by atoms with Crippen LogP contribution in [0.5, 0.6) is 0 Å². The zero-order valence-corrected chi connectivity index (χ0v) is 13.3. The summed E-state index contributed by atoms with van der Waals surface area (Å²) < 4.78 is 0. The first kappa shape index (κ1) is 16.0. The number of benzene rings is 1. The van der Waals surface area contributed by atoms with E-state index in [4.69, 9.17) is 11.6 Å². The van der Waals surface area contributed by atoms with E-state index in [1.807, 2.05) is 24.3 Å². The van der Waals surface area contributed by atoms with Gasteiger partial charge in [0.25, 0.3) is 0 Å². The quantitative estimate of drug-likeness (QED) is 0.825. The molecule has 2 N–H and O–H groups in total. The number of likely N-dealkylation sites (N-methyl/N-ethyl adjacent to an activating group) is 1. The number of aliphatic hydroxyl groups is 1. The third-order valence-electron chi connectivity index (χ3n) is 3.61. The lowest BCUT2D eigenvalue weighted by molar-refractivity contribution is 0.128. The standard InChI is InChI=1S/C16H22ClN3O/c1-3-20(4-2)11-12(21)10-19-15-8-7-14(17)13-6-5-9-18-16(13)15/h5-9,12,19,21H,3-4,10-11H2,1-2H3. The number of hydrogen-bond acceptors (Lipinski definition) is 4. The first-order valence-corrected chi connectivity index (χ1v) is 7.71. The van der Waals surface area contributed by atoms with Gasteiger partial charge in [0.15, 0.2) is 0 Å². The summed E-state index contributed by atoms with van der Waals surface area (Å²) in [6.07, 6.45) is 1.33. The molecule has 5 heteroatoms. The van der Waals surface area contributed by atoms with Crippen molar-refractivity contribution in [2.24, 2.45) is 0 Å². The largest absolute Gasteiger partial charge is 0.390 e. The van der Waals surface area contributed by atoms with Crippen LogP contribution in [0.15, 0.2) is 30.5 Å². The second-order valence-electron chi connectivity index (χ2n) is 5.02. The van der Waals surface area contributed by atoms with E-state index in [2.05, 4.69) is 29.0 Å². The van der Waals surface area contributed by atoms with Gasteiger partial charge in [-0.25, -0.2) is 0 Å². The molecule has 1 heterocycles. The third kappa shape index (κ3) is 4.06. The molecule has 1 unspecified atom stereocenters. The molecule has 0 aliphatic heterocycles. The average Bonchev–Trinajstić information content (AvgIpc) is 2.52. The highest BCUT2D eigenvalue weighted by molar-refractivity contribution is 6.35. The van der Waals surface area contributed by atoms with Crippen LogP contribution in [0.1, 0.15) is 13.8 Å². The molecule has 114 valence electrons. The number of pyridine rings is 1. The second-order valence-corrected chi connectivity index (χ2v) is 5.42. The summed E-state index contributed by atoms with van der Waals surface area (Å²) in [5, 5.41) is 15.0. The van der Waals surface area contributed by atoms with Crippen LogP contribution < -0.4 is 5.32 Å². The Kier molecular flexibility index (Phi) is 5.79. The molecule has 4 nitrogen and oxygen atoms in total. The Morgan fingerprint density at radius 1 is 1.29 bits per heavy atom. The van der Waals surface area contributed by atoms with Crippen LogP contribution >= 0.6 is 11.6 Å². The Hall–Kier alpha value is -1.36. The van der Waals surface area contributed by atoms with Gasteiger partial charge in [-0.15, -0.1) is 0 Å². The van der Waals surface area contributed by atoms with Crippen molar-refractivity contribution in [3.8, 4) is 0 Å². The van der Waals surface area contributed by atoms with Crippen molar-refractivity contribution in [1.82, 2.24) is 9.88 Å². The lowest BCUT2D eigenvalue weighted by atomic mass is 10.2. The summed E-state index contributed by atoms with van der Waals surface area (Å²) in [7, 11) is 0. The van der Waals surface area contributed by atoms with Gasteiger partial charge in [0.1, 0.15) is 0 Å². The van der Waals surface area contributed by atoms with E-state index in [9.17, 15) is 5.11 Å². The summed E-state index contributed by atoms with van der Waals surface area (Å²) in [6, 6.07) is 7.57. The number of aliphatic hydroxyl groups excluding tert-OH is 1. The molecule has 0 spiro atoms. The van der Waals surface area contributed by atoms with Gasteiger partial charge >= 0.3 is 0 Å². The fraction of sp³-hybridized carbons (Fsp3) is 0.438. The highest BCUT2D eigenvalue weighted by Gasteiger charge is 2.10. The highest BCUT2D eigenvalue weighted by atomic mass is 35.5. The van der Waals surface area contributed by atoms with Crippen LogP contribution in [0.2, 0.25) is 5.02 Å². The molecule has 21 heavy (non-hydrogen) atoms. The Bertz CT molecular complexity index is 587. The number of nitrogens with zero attached hydrogens (tertiary/aromatic N) is 2. The molecule has 0 bridgehead atoms. The van der Waals surface area contributed by atoms with Crippen molar-refractivity contribution in [2.45, 2.75) is 20.0 Å². The summed E-state index contributed by atoms with van der Waals surface area (Å²) in [4.78, 5) is 6.57. The summed E-state index contributed by atoms with van der Waals surface area (Å²) in [5.74, 6) is 0. The number of rotatable bonds is 7. The van der Waals surface area contributed by atoms with Gasteiger partial charge in [-0.1, -0.05) is 25.4 Å². The van der Waals surface area contributed by atoms with E-state index in [0.717, 1.165) is 29.7 Å². The van der Waals surface area contributed by atoms with Crippen LogP contribution in [-0.2, 0) is 0 Å². The van der Waals surface area contributed by atoms with Crippen molar-refractivity contribution >= 4 is 28.2 Å². The van der Waals surface area contributed by atoms with Gasteiger partial charge in [-0.3, -0.25) is 4.98 Å². The number of aromatic nitrogens is 1. The van der Waals surface area contributed by atoms with Crippen molar-refractivity contribution in [2.75, 3.05) is 31.5 Å². The van der Waals surface area contributed by atoms with E-state index in [1.54, 1.807) is 6.20 Å². The Morgan fingerprint density at radius 3 is 2.76 bits per heavy atom. The molecular weight excluding hydrogens is 286 g/mol. The van der Waals surface area contributed by atoms with Crippen LogP contribution in [0.4, 0.5) is 5.69 Å². The summed E-state index contributed by atoms with van der Waals surface area (Å²) in [6.45, 7) is 7.24. The molecule has 1 atom stereocenters. The zero-order chi connectivity index (χ0) is 15.2. The Morgan fingerprint density at radius 2 is 2.05 bits per heavy atom. The van der Waals surface area contributed by atoms with E-state index in [-0.39, 0.29) is 0 Å². The first-order valence-electron chi connectivity index (χ1n) is 7.33. The molecule has 0 aliphatic rings. The molecule has 2 rings (SSSR count). The SMILES string of the molecule is CCN(CC)CC(O)CNc1ccc(Cl)c2cccnc12. The number of anilines is 1. The summed E-state index contributed by atoms with van der Waals surface area (Å²) in [5.41, 5.74) is 1.73. The van der Waals surface area contributed by atoms with Crippen LogP contribution in [0.3, 0.4) is 0 Å². The maximum absolute atomic E-state index is 10.1. The van der Waals surface area contributed by atoms with E-state index in [1.165, 1.54) is 0 Å². The van der Waals surface area contributed by atoms with Crippen LogP contribution in [-0.4, -0.2) is 47.3 Å². The van der Waals surface area contributed by atoms with Crippen LogP contribution in [0, 0.1) is 0 Å². The van der Waals surface area contributed by atoms with E-state index >= 15 is 0 Å². The molecule has 1 aromatic carbocycles. The minimum atomic E-state index is -0.417. The van der Waals surface area contributed by atoms with Gasteiger partial charge in [0, 0.05) is 24.7 Å². The summed E-state index contributed by atoms with van der Waals surface area (Å²) >= 11 is 6.17. The second kappa shape index (κ2) is 7.59. The van der Waals surface area contributed by atoms with Gasteiger partial charge in [-0.05, 0) is 37.4 Å². The molecule has 0 amide bonds. The molecule has 2 aromatic rings. The minimum Gasteiger partial charge on any atom is -0.390 e. The van der Waals surface area contributed by atoms with Crippen molar-refractivity contribution in [3.05, 3.63) is 35.5 Å². The highest BCUT2D eigenvalue weighted by Crippen LogP contribution is 2.27. The van der Waals surface area contributed by atoms with E-state index < -0.39 is 6.10 Å². The zero-order valence-electron chi connectivity index (χ0n) is 12.5. The number of fused-ring (bicyclic) bond motifs is 1. The average molecular weight is 308 g/mol. The maximum atomic E-state index is 10.1. The van der Waals surface area contributed by atoms with Crippen molar-refractivity contribution < 1.29 is 5.11 Å². The fourth-order valence-corrected chi connectivity index (χ4v) is 2.57. The van der Waals surface area contributed by atoms with Gasteiger partial charge in [0.05, 0.1) is 22.3 Å². The lowest BCUT2D eigenvalue weighted by Gasteiger charge is -2.22. The molecule has 1 aromatic heterocycles. The molecule has 0 radical (unpaired) electrons. The predicted molar refractivity (Wildman–Crippen MR) is 89.0 cm³/mol. The van der Waals surface area contributed by atoms with E-state index in [0.29, 0.717) is 18.1 Å². The molecule has 0 aliphatic carbocycles. The smallest absolute Gasteiger partial charge is 0.0948 e. The van der Waals surface area contributed by atoms with Crippen LogP contribution in [0.25, 0.3) is 10.9 Å². The third-order valence-corrected chi connectivity index (χ3v) is 3.94. The van der Waals surface area contributed by atoms with Crippen molar-refractivity contribution in [3.63, 3.8) is 0 Å². The molecular formula is C16H22ClN3O. The fourth-order valence-electron chi connectivity index (χ4n) is 2.35. The molecule has 0 fully saturated rings. The Balaban J connectivity index is 2.05. The molecule has 0 saturated heterocycles. The first-order chi connectivity index (χ1) is 10.2. The van der Waals surface area contributed by atoms with Crippen molar-refractivity contribution in [1.29, 1.82) is 0 Å². The number of halogens is 1. The normalized spacial score (nSPS) is 12.8.